The molecule has 25 heavy (non-hydrogen) atoms. The minimum absolute atomic E-state index is 0.406. The van der Waals surface area contributed by atoms with E-state index in [0.717, 1.165) is 28.7 Å². The molecule has 0 bridgehead atoms. The minimum atomic E-state index is 0.406. The van der Waals surface area contributed by atoms with Gasteiger partial charge in [0.15, 0.2) is 5.82 Å². The van der Waals surface area contributed by atoms with E-state index >= 15 is 0 Å². The van der Waals surface area contributed by atoms with Gasteiger partial charge in [0.2, 0.25) is 0 Å². The monoisotopic (exact) mass is 333 g/mol. The van der Waals surface area contributed by atoms with E-state index in [9.17, 15) is 0 Å². The maximum Gasteiger partial charge on any atom is 0.152 e. The number of ether oxygens (including phenoxy) is 1. The molecule has 0 aliphatic rings. The van der Waals surface area contributed by atoms with Crippen molar-refractivity contribution in [3.8, 4) is 0 Å². The molecule has 0 radical (unpaired) electrons. The summed E-state index contributed by atoms with van der Waals surface area (Å²) in [4.78, 5) is 16.4. The first-order chi connectivity index (χ1) is 12.3. The summed E-state index contributed by atoms with van der Waals surface area (Å²) in [5.74, 6) is 0.406. The van der Waals surface area contributed by atoms with Crippen molar-refractivity contribution < 1.29 is 4.74 Å². The average molecular weight is 333 g/mol. The van der Waals surface area contributed by atoms with E-state index < -0.39 is 0 Å². The molecule has 1 aromatic carbocycles. The van der Waals surface area contributed by atoms with Crippen LogP contribution in [0, 0.1) is 0 Å². The molecule has 0 fully saturated rings. The number of nitrogen functional groups attached to an aromatic ring is 1. The van der Waals surface area contributed by atoms with Gasteiger partial charge in [-0.3, -0.25) is 0 Å². The third-order valence-corrected chi connectivity index (χ3v) is 4.26. The molecule has 0 saturated carbocycles. The Morgan fingerprint density at radius 3 is 2.68 bits per heavy atom. The largest absolute Gasteiger partial charge is 0.382 e. The fraction of sp³-hybridized carbons (Fsp3) is 0.211. The molecule has 0 atom stereocenters. The fourth-order valence-electron chi connectivity index (χ4n) is 3.01. The van der Waals surface area contributed by atoms with Crippen molar-refractivity contribution in [1.29, 1.82) is 0 Å². The summed E-state index contributed by atoms with van der Waals surface area (Å²) in [6, 6.07) is 12.3. The standard InChI is InChI=1S/C19H19N5O/c1-2-25-10-13-6-4-3-5-12(13)9-14-7-8-15-16(23-14)17-18(19(20)24-15)22-11-21-17/h3-8,11,23H,2,9-10H2,1H3,(H2,20,24). The Kier molecular flexibility index (Phi) is 4.03. The van der Waals surface area contributed by atoms with E-state index in [1.165, 1.54) is 17.5 Å². The highest BCUT2D eigenvalue weighted by atomic mass is 16.5. The van der Waals surface area contributed by atoms with Crippen molar-refractivity contribution in [2.75, 3.05) is 12.3 Å². The molecule has 4 aromatic rings. The van der Waals surface area contributed by atoms with Crippen molar-refractivity contribution in [1.82, 2.24) is 19.9 Å². The lowest BCUT2D eigenvalue weighted by atomic mass is 10.0. The van der Waals surface area contributed by atoms with Crippen LogP contribution in [0.5, 0.6) is 0 Å². The van der Waals surface area contributed by atoms with Crippen LogP contribution in [0.4, 0.5) is 5.82 Å². The van der Waals surface area contributed by atoms with Crippen molar-refractivity contribution in [2.24, 2.45) is 0 Å². The van der Waals surface area contributed by atoms with Crippen LogP contribution in [-0.2, 0) is 17.8 Å². The zero-order valence-electron chi connectivity index (χ0n) is 14.0. The van der Waals surface area contributed by atoms with E-state index in [4.69, 9.17) is 10.5 Å². The molecule has 3 aromatic heterocycles. The third kappa shape index (κ3) is 2.92. The zero-order valence-corrected chi connectivity index (χ0v) is 14.0. The lowest BCUT2D eigenvalue weighted by Gasteiger charge is -2.11. The van der Waals surface area contributed by atoms with Crippen LogP contribution in [0.1, 0.15) is 23.7 Å². The molecule has 0 saturated heterocycles. The number of aromatic amines is 1. The van der Waals surface area contributed by atoms with Gasteiger partial charge in [0.1, 0.15) is 17.4 Å². The van der Waals surface area contributed by atoms with Crippen LogP contribution in [0.2, 0.25) is 0 Å². The number of benzene rings is 1. The highest BCUT2D eigenvalue weighted by Crippen LogP contribution is 2.24. The average Bonchev–Trinajstić information content (AvgIpc) is 3.12. The van der Waals surface area contributed by atoms with Gasteiger partial charge in [-0.2, -0.15) is 0 Å². The Labute approximate surface area is 145 Å². The van der Waals surface area contributed by atoms with E-state index in [0.29, 0.717) is 24.5 Å². The number of nitrogens with one attached hydrogen (secondary N) is 1. The lowest BCUT2D eigenvalue weighted by Crippen LogP contribution is -2.01. The number of rotatable bonds is 5. The normalized spacial score (nSPS) is 11.4. The summed E-state index contributed by atoms with van der Waals surface area (Å²) in [6.45, 7) is 3.33. The summed E-state index contributed by atoms with van der Waals surface area (Å²) < 4.78 is 5.58. The second kappa shape index (κ2) is 6.49. The SMILES string of the molecule is CCOCc1ccccc1Cc1ccc2nc(N)c3ncnc3c2[nH]1. The number of fused-ring (bicyclic) bond motifs is 3. The molecule has 3 N–H and O–H groups in total. The van der Waals surface area contributed by atoms with Crippen LogP contribution in [0.15, 0.2) is 42.7 Å². The number of aromatic nitrogens is 4. The quantitative estimate of drug-likeness (QED) is 0.585. The molecule has 3 heterocycles. The van der Waals surface area contributed by atoms with Gasteiger partial charge in [0.25, 0.3) is 0 Å². The number of nitrogens with zero attached hydrogens (tertiary/aromatic N) is 3. The number of nitrogens with two attached hydrogens (primary N) is 1. The van der Waals surface area contributed by atoms with Crippen LogP contribution in [0.3, 0.4) is 0 Å². The van der Waals surface area contributed by atoms with E-state index in [1.54, 1.807) is 0 Å². The van der Waals surface area contributed by atoms with Gasteiger partial charge in [-0.25, -0.2) is 15.0 Å². The number of imidazole rings is 1. The Balaban J connectivity index is 1.74. The van der Waals surface area contributed by atoms with Gasteiger partial charge in [-0.15, -0.1) is 0 Å². The van der Waals surface area contributed by atoms with Crippen molar-refractivity contribution in [3.05, 3.63) is 59.5 Å². The van der Waals surface area contributed by atoms with Crippen LogP contribution < -0.4 is 5.73 Å². The second-order valence-corrected chi connectivity index (χ2v) is 5.89. The van der Waals surface area contributed by atoms with Gasteiger partial charge in [-0.05, 0) is 30.2 Å². The zero-order chi connectivity index (χ0) is 17.2. The molecular weight excluding hydrogens is 314 g/mol. The number of hydrogen-bond acceptors (Lipinski definition) is 5. The summed E-state index contributed by atoms with van der Waals surface area (Å²) in [5.41, 5.74) is 12.5. The molecule has 6 heteroatoms. The predicted molar refractivity (Wildman–Crippen MR) is 98.2 cm³/mol. The molecular formula is C19H19N5O. The Hall–Kier alpha value is -2.99. The second-order valence-electron chi connectivity index (χ2n) is 5.89. The van der Waals surface area contributed by atoms with Gasteiger partial charge in [0, 0.05) is 18.7 Å². The number of pyridine rings is 2. The van der Waals surface area contributed by atoms with Gasteiger partial charge in [0.05, 0.1) is 17.6 Å². The third-order valence-electron chi connectivity index (χ3n) is 4.26. The molecule has 4 rings (SSSR count). The first-order valence-electron chi connectivity index (χ1n) is 8.28. The van der Waals surface area contributed by atoms with Crippen molar-refractivity contribution >= 4 is 27.9 Å². The Bertz CT molecular complexity index is 1040. The van der Waals surface area contributed by atoms with Crippen molar-refractivity contribution in [3.63, 3.8) is 0 Å². The topological polar surface area (TPSA) is 89.7 Å². The molecule has 0 amide bonds. The minimum Gasteiger partial charge on any atom is -0.382 e. The van der Waals surface area contributed by atoms with E-state index in [-0.39, 0.29) is 0 Å². The molecule has 0 unspecified atom stereocenters. The van der Waals surface area contributed by atoms with Crippen LogP contribution >= 0.6 is 0 Å². The summed E-state index contributed by atoms with van der Waals surface area (Å²) in [6.07, 6.45) is 2.29. The maximum atomic E-state index is 5.95. The lowest BCUT2D eigenvalue weighted by molar-refractivity contribution is 0.133. The maximum absolute atomic E-state index is 5.95. The number of hydrogen-bond donors (Lipinski definition) is 2. The summed E-state index contributed by atoms with van der Waals surface area (Å²) in [7, 11) is 0. The predicted octanol–water partition coefficient (Wildman–Crippen LogP) is 3.22. The summed E-state index contributed by atoms with van der Waals surface area (Å²) in [5, 5.41) is 0. The van der Waals surface area contributed by atoms with E-state index in [2.05, 4.69) is 38.1 Å². The van der Waals surface area contributed by atoms with Crippen LogP contribution in [-0.4, -0.2) is 26.5 Å². The molecule has 0 aliphatic heterocycles. The Morgan fingerprint density at radius 2 is 1.84 bits per heavy atom. The van der Waals surface area contributed by atoms with E-state index in [1.807, 2.05) is 25.1 Å². The first kappa shape index (κ1) is 15.5. The van der Waals surface area contributed by atoms with Crippen LogP contribution in [0.25, 0.3) is 22.1 Å². The molecule has 0 spiro atoms. The molecule has 6 nitrogen and oxygen atoms in total. The summed E-state index contributed by atoms with van der Waals surface area (Å²) >= 11 is 0. The van der Waals surface area contributed by atoms with Gasteiger partial charge in [-0.1, -0.05) is 24.3 Å². The first-order valence-corrected chi connectivity index (χ1v) is 8.28. The van der Waals surface area contributed by atoms with Gasteiger partial charge >= 0.3 is 0 Å². The highest BCUT2D eigenvalue weighted by molar-refractivity contribution is 6.03. The molecule has 126 valence electrons. The fourth-order valence-corrected chi connectivity index (χ4v) is 3.01. The molecule has 0 aliphatic carbocycles. The van der Waals surface area contributed by atoms with Gasteiger partial charge < -0.3 is 15.5 Å². The number of anilines is 1. The highest BCUT2D eigenvalue weighted by Gasteiger charge is 2.11. The number of H-pyrrole nitrogens is 1. The smallest absolute Gasteiger partial charge is 0.152 e. The van der Waals surface area contributed by atoms with Crippen molar-refractivity contribution in [2.45, 2.75) is 20.0 Å². The Morgan fingerprint density at radius 1 is 1.04 bits per heavy atom.